The average Bonchev–Trinajstić information content (AvgIpc) is 2.88. The van der Waals surface area contributed by atoms with Crippen LogP contribution in [0.1, 0.15) is 57.1 Å². The van der Waals surface area contributed by atoms with Crippen LogP contribution in [0.3, 0.4) is 0 Å². The third-order valence-corrected chi connectivity index (χ3v) is 4.05. The van der Waals surface area contributed by atoms with Crippen LogP contribution in [0.4, 0.5) is 0 Å². The molecule has 1 atom stereocenters. The molecule has 1 aromatic heterocycles. The number of aromatic nitrogens is 1. The Hall–Kier alpha value is -1.32. The van der Waals surface area contributed by atoms with E-state index in [1.165, 1.54) is 0 Å². The predicted octanol–water partition coefficient (Wildman–Crippen LogP) is 3.26. The molecule has 0 unspecified atom stereocenters. The van der Waals surface area contributed by atoms with Crippen molar-refractivity contribution in [2.45, 2.75) is 66.3 Å². The number of hydrogen-bond acceptors (Lipinski definition) is 3. The van der Waals surface area contributed by atoms with Gasteiger partial charge in [-0.05, 0) is 38.5 Å². The van der Waals surface area contributed by atoms with E-state index in [1.807, 2.05) is 13.8 Å². The van der Waals surface area contributed by atoms with E-state index < -0.39 is 0 Å². The van der Waals surface area contributed by atoms with Gasteiger partial charge in [-0.2, -0.15) is 0 Å². The van der Waals surface area contributed by atoms with Crippen molar-refractivity contribution >= 4 is 5.91 Å². The maximum absolute atomic E-state index is 12.6. The van der Waals surface area contributed by atoms with Crippen molar-refractivity contribution in [3.8, 4) is 0 Å². The molecule has 1 amide bonds. The van der Waals surface area contributed by atoms with Gasteiger partial charge in [0.1, 0.15) is 5.76 Å². The normalized spacial score (nSPS) is 19.6. The molecule has 2 rings (SSSR count). The largest absolute Gasteiger partial charge is 0.361 e. The van der Waals surface area contributed by atoms with Gasteiger partial charge < -0.3 is 9.42 Å². The summed E-state index contributed by atoms with van der Waals surface area (Å²) < 4.78 is 5.15. The topological polar surface area (TPSA) is 46.3 Å². The van der Waals surface area contributed by atoms with Gasteiger partial charge >= 0.3 is 0 Å². The molecule has 0 N–H and O–H groups in total. The van der Waals surface area contributed by atoms with Crippen molar-refractivity contribution < 1.29 is 9.32 Å². The summed E-state index contributed by atoms with van der Waals surface area (Å²) in [6, 6.07) is 0.392. The standard InChI is InChI=1S/C16H26N2O2/c1-11-14(12(2)20-17-11)9-15(19)18-8-6-7-13(18)10-16(3,4)5/h13H,6-10H2,1-5H3/t13-/m0/s1. The van der Waals surface area contributed by atoms with Gasteiger partial charge in [0.05, 0.1) is 12.1 Å². The highest BCUT2D eigenvalue weighted by atomic mass is 16.5. The molecule has 1 aliphatic rings. The second-order valence-electron chi connectivity index (χ2n) is 7.13. The van der Waals surface area contributed by atoms with Crippen LogP contribution in [0.5, 0.6) is 0 Å². The highest BCUT2D eigenvalue weighted by molar-refractivity contribution is 5.79. The first-order chi connectivity index (χ1) is 9.28. The van der Waals surface area contributed by atoms with Crippen molar-refractivity contribution in [2.24, 2.45) is 5.41 Å². The summed E-state index contributed by atoms with van der Waals surface area (Å²) in [4.78, 5) is 14.6. The van der Waals surface area contributed by atoms with Crippen LogP contribution in [0.2, 0.25) is 0 Å². The number of carbonyl (C=O) groups is 1. The zero-order valence-corrected chi connectivity index (χ0v) is 13.3. The lowest BCUT2D eigenvalue weighted by atomic mass is 9.87. The Morgan fingerprint density at radius 2 is 2.10 bits per heavy atom. The SMILES string of the molecule is Cc1noc(C)c1CC(=O)N1CCC[C@H]1CC(C)(C)C. The first kappa shape index (κ1) is 15.1. The number of aryl methyl sites for hydroxylation is 2. The van der Waals surface area contributed by atoms with Crippen LogP contribution >= 0.6 is 0 Å². The fourth-order valence-electron chi connectivity index (χ4n) is 3.09. The van der Waals surface area contributed by atoms with Crippen LogP contribution in [-0.2, 0) is 11.2 Å². The molecule has 0 aromatic carbocycles. The molecule has 1 fully saturated rings. The number of nitrogens with zero attached hydrogens (tertiary/aromatic N) is 2. The zero-order valence-electron chi connectivity index (χ0n) is 13.3. The first-order valence-electron chi connectivity index (χ1n) is 7.49. The fraction of sp³-hybridized carbons (Fsp3) is 0.750. The van der Waals surface area contributed by atoms with E-state index >= 15 is 0 Å². The summed E-state index contributed by atoms with van der Waals surface area (Å²) >= 11 is 0. The quantitative estimate of drug-likeness (QED) is 0.852. The third-order valence-electron chi connectivity index (χ3n) is 4.05. The molecule has 2 heterocycles. The number of likely N-dealkylation sites (tertiary alicyclic amines) is 1. The summed E-state index contributed by atoms with van der Waals surface area (Å²) in [5, 5.41) is 3.93. The summed E-state index contributed by atoms with van der Waals surface area (Å²) in [5.74, 6) is 0.980. The summed E-state index contributed by atoms with van der Waals surface area (Å²) in [6.07, 6.45) is 3.74. The van der Waals surface area contributed by atoms with Crippen LogP contribution in [0, 0.1) is 19.3 Å². The molecule has 0 radical (unpaired) electrons. The summed E-state index contributed by atoms with van der Waals surface area (Å²) in [5.41, 5.74) is 2.05. The van der Waals surface area contributed by atoms with E-state index in [0.717, 1.165) is 42.8 Å². The molecular weight excluding hydrogens is 252 g/mol. The highest BCUT2D eigenvalue weighted by Gasteiger charge is 2.32. The summed E-state index contributed by atoms with van der Waals surface area (Å²) in [7, 11) is 0. The van der Waals surface area contributed by atoms with Gasteiger partial charge in [0.25, 0.3) is 0 Å². The van der Waals surface area contributed by atoms with E-state index in [0.29, 0.717) is 12.5 Å². The molecule has 0 aliphatic carbocycles. The van der Waals surface area contributed by atoms with Crippen LogP contribution in [-0.4, -0.2) is 28.6 Å². The van der Waals surface area contributed by atoms with Gasteiger partial charge in [-0.25, -0.2) is 0 Å². The summed E-state index contributed by atoms with van der Waals surface area (Å²) in [6.45, 7) is 11.4. The minimum absolute atomic E-state index is 0.214. The van der Waals surface area contributed by atoms with Crippen LogP contribution in [0.25, 0.3) is 0 Å². The Kier molecular flexibility index (Phi) is 4.21. The van der Waals surface area contributed by atoms with Crippen LogP contribution < -0.4 is 0 Å². The molecule has 4 nitrogen and oxygen atoms in total. The zero-order chi connectivity index (χ0) is 14.9. The first-order valence-corrected chi connectivity index (χ1v) is 7.49. The average molecular weight is 278 g/mol. The fourth-order valence-corrected chi connectivity index (χ4v) is 3.09. The van der Waals surface area contributed by atoms with Crippen molar-refractivity contribution in [1.82, 2.24) is 10.1 Å². The lowest BCUT2D eigenvalue weighted by Crippen LogP contribution is -2.38. The molecule has 4 heteroatoms. The maximum atomic E-state index is 12.6. The predicted molar refractivity (Wildman–Crippen MR) is 78.5 cm³/mol. The Labute approximate surface area is 121 Å². The lowest BCUT2D eigenvalue weighted by molar-refractivity contribution is -0.131. The number of amides is 1. The number of hydrogen-bond donors (Lipinski definition) is 0. The van der Waals surface area contributed by atoms with E-state index in [-0.39, 0.29) is 11.3 Å². The Bertz CT molecular complexity index is 466. The molecule has 0 saturated carbocycles. The van der Waals surface area contributed by atoms with E-state index in [9.17, 15) is 4.79 Å². The molecule has 112 valence electrons. The van der Waals surface area contributed by atoms with Crippen molar-refractivity contribution in [2.75, 3.05) is 6.54 Å². The van der Waals surface area contributed by atoms with Crippen molar-refractivity contribution in [1.29, 1.82) is 0 Å². The molecule has 20 heavy (non-hydrogen) atoms. The molecule has 0 spiro atoms. The molecular formula is C16H26N2O2. The third kappa shape index (κ3) is 3.41. The van der Waals surface area contributed by atoms with Crippen molar-refractivity contribution in [3.63, 3.8) is 0 Å². The Morgan fingerprint density at radius 3 is 2.65 bits per heavy atom. The highest BCUT2D eigenvalue weighted by Crippen LogP contribution is 2.30. The Balaban J connectivity index is 2.05. The van der Waals surface area contributed by atoms with Crippen molar-refractivity contribution in [3.05, 3.63) is 17.0 Å². The Morgan fingerprint density at radius 1 is 1.40 bits per heavy atom. The van der Waals surface area contributed by atoms with E-state index in [2.05, 4.69) is 30.8 Å². The molecule has 1 aliphatic heterocycles. The van der Waals surface area contributed by atoms with Gasteiger partial charge in [-0.3, -0.25) is 4.79 Å². The van der Waals surface area contributed by atoms with E-state index in [1.54, 1.807) is 0 Å². The van der Waals surface area contributed by atoms with Gasteiger partial charge in [0.2, 0.25) is 5.91 Å². The van der Waals surface area contributed by atoms with Gasteiger partial charge in [-0.15, -0.1) is 0 Å². The minimum Gasteiger partial charge on any atom is -0.361 e. The lowest BCUT2D eigenvalue weighted by Gasteiger charge is -2.30. The van der Waals surface area contributed by atoms with E-state index in [4.69, 9.17) is 4.52 Å². The number of rotatable bonds is 3. The van der Waals surface area contributed by atoms with Gasteiger partial charge in [-0.1, -0.05) is 25.9 Å². The molecule has 0 bridgehead atoms. The molecule has 1 aromatic rings. The number of carbonyl (C=O) groups excluding carboxylic acids is 1. The monoisotopic (exact) mass is 278 g/mol. The van der Waals surface area contributed by atoms with Gasteiger partial charge in [0.15, 0.2) is 0 Å². The second kappa shape index (κ2) is 5.58. The van der Waals surface area contributed by atoms with Crippen LogP contribution in [0.15, 0.2) is 4.52 Å². The maximum Gasteiger partial charge on any atom is 0.227 e. The second-order valence-corrected chi connectivity index (χ2v) is 7.13. The smallest absolute Gasteiger partial charge is 0.227 e. The van der Waals surface area contributed by atoms with Gasteiger partial charge in [0, 0.05) is 18.2 Å². The minimum atomic E-state index is 0.214. The molecule has 1 saturated heterocycles.